The summed E-state index contributed by atoms with van der Waals surface area (Å²) in [5.41, 5.74) is 2.24. The standard InChI is InChI=1S/C22H22ClNO4/c1-4-10-24-19(14-7-5-6-13(2)11-14)18(21(26)22(24)27)20(25)15-8-9-16(23)17(12-15)28-3/h5-9,11-12,19,25H,4,10H2,1-3H3/b20-18-. The number of nitrogens with zero attached hydrogens (tertiary/aromatic N) is 1. The van der Waals surface area contributed by atoms with Gasteiger partial charge < -0.3 is 14.7 Å². The Kier molecular flexibility index (Phi) is 5.75. The fourth-order valence-electron chi connectivity index (χ4n) is 3.50. The van der Waals surface area contributed by atoms with Crippen LogP contribution in [0.15, 0.2) is 48.0 Å². The number of aryl methyl sites for hydroxylation is 1. The third-order valence-corrected chi connectivity index (χ3v) is 5.10. The number of ketones is 1. The number of hydrogen-bond donors (Lipinski definition) is 1. The van der Waals surface area contributed by atoms with Crippen LogP contribution in [0.25, 0.3) is 5.76 Å². The van der Waals surface area contributed by atoms with Crippen molar-refractivity contribution in [3.63, 3.8) is 0 Å². The van der Waals surface area contributed by atoms with Gasteiger partial charge in [0, 0.05) is 12.1 Å². The van der Waals surface area contributed by atoms with E-state index in [1.165, 1.54) is 12.0 Å². The molecule has 1 amide bonds. The van der Waals surface area contributed by atoms with Crippen LogP contribution >= 0.6 is 11.6 Å². The molecule has 0 aromatic heterocycles. The molecule has 0 bridgehead atoms. The molecule has 1 atom stereocenters. The Labute approximate surface area is 169 Å². The van der Waals surface area contributed by atoms with Gasteiger partial charge in [0.2, 0.25) is 0 Å². The molecule has 0 aliphatic carbocycles. The first-order chi connectivity index (χ1) is 13.4. The van der Waals surface area contributed by atoms with Crippen molar-refractivity contribution in [2.75, 3.05) is 13.7 Å². The monoisotopic (exact) mass is 399 g/mol. The summed E-state index contributed by atoms with van der Waals surface area (Å²) in [6.45, 7) is 4.31. The van der Waals surface area contributed by atoms with Gasteiger partial charge in [0.05, 0.1) is 23.7 Å². The summed E-state index contributed by atoms with van der Waals surface area (Å²) >= 11 is 6.07. The van der Waals surface area contributed by atoms with E-state index in [-0.39, 0.29) is 11.3 Å². The van der Waals surface area contributed by atoms with Crippen LogP contribution in [0.4, 0.5) is 0 Å². The third kappa shape index (κ3) is 3.50. The van der Waals surface area contributed by atoms with Crippen LogP contribution < -0.4 is 4.74 Å². The molecular weight excluding hydrogens is 378 g/mol. The van der Waals surface area contributed by atoms with E-state index >= 15 is 0 Å². The van der Waals surface area contributed by atoms with E-state index in [0.717, 1.165) is 11.1 Å². The van der Waals surface area contributed by atoms with E-state index in [4.69, 9.17) is 16.3 Å². The number of likely N-dealkylation sites (tertiary alicyclic amines) is 1. The molecule has 1 fully saturated rings. The number of amides is 1. The zero-order chi connectivity index (χ0) is 20.4. The van der Waals surface area contributed by atoms with Crippen LogP contribution in [0.2, 0.25) is 5.02 Å². The number of hydrogen-bond acceptors (Lipinski definition) is 4. The van der Waals surface area contributed by atoms with Crippen molar-refractivity contribution >= 4 is 29.1 Å². The Hall–Kier alpha value is -2.79. The van der Waals surface area contributed by atoms with E-state index in [1.54, 1.807) is 18.2 Å². The highest BCUT2D eigenvalue weighted by Crippen LogP contribution is 2.40. The van der Waals surface area contributed by atoms with Crippen LogP contribution in [0.5, 0.6) is 5.75 Å². The Morgan fingerprint density at radius 3 is 2.61 bits per heavy atom. The average Bonchev–Trinajstić information content (AvgIpc) is 2.93. The van der Waals surface area contributed by atoms with Crippen LogP contribution in [0, 0.1) is 6.92 Å². The van der Waals surface area contributed by atoms with Gasteiger partial charge in [-0.15, -0.1) is 0 Å². The smallest absolute Gasteiger partial charge is 0.295 e. The normalized spacial score (nSPS) is 18.6. The zero-order valence-electron chi connectivity index (χ0n) is 16.0. The average molecular weight is 400 g/mol. The molecule has 28 heavy (non-hydrogen) atoms. The van der Waals surface area contributed by atoms with Crippen molar-refractivity contribution in [2.45, 2.75) is 26.3 Å². The lowest BCUT2D eigenvalue weighted by atomic mass is 9.94. The summed E-state index contributed by atoms with van der Waals surface area (Å²) in [7, 11) is 1.47. The summed E-state index contributed by atoms with van der Waals surface area (Å²) < 4.78 is 5.21. The topological polar surface area (TPSA) is 66.8 Å². The van der Waals surface area contributed by atoms with E-state index in [9.17, 15) is 14.7 Å². The number of Topliss-reactive ketones (excluding diaryl/α,β-unsaturated/α-hetero) is 1. The van der Waals surface area contributed by atoms with Crippen LogP contribution in [0.1, 0.15) is 36.1 Å². The number of aliphatic hydroxyl groups is 1. The van der Waals surface area contributed by atoms with Crippen molar-refractivity contribution < 1.29 is 19.4 Å². The number of aliphatic hydroxyl groups excluding tert-OH is 1. The molecule has 2 aromatic rings. The third-order valence-electron chi connectivity index (χ3n) is 4.79. The highest BCUT2D eigenvalue weighted by atomic mass is 35.5. The Morgan fingerprint density at radius 1 is 1.21 bits per heavy atom. The molecule has 0 radical (unpaired) electrons. The maximum Gasteiger partial charge on any atom is 0.295 e. The molecule has 3 rings (SSSR count). The second kappa shape index (κ2) is 8.07. The van der Waals surface area contributed by atoms with E-state index in [1.807, 2.05) is 38.1 Å². The summed E-state index contributed by atoms with van der Waals surface area (Å²) in [4.78, 5) is 27.0. The lowest BCUT2D eigenvalue weighted by Crippen LogP contribution is -2.30. The second-order valence-electron chi connectivity index (χ2n) is 6.76. The lowest BCUT2D eigenvalue weighted by molar-refractivity contribution is -0.139. The summed E-state index contributed by atoms with van der Waals surface area (Å²) in [5.74, 6) is -1.15. The first kappa shape index (κ1) is 20.0. The fourth-order valence-corrected chi connectivity index (χ4v) is 3.70. The Morgan fingerprint density at radius 2 is 1.96 bits per heavy atom. The molecule has 2 aromatic carbocycles. The van der Waals surface area contributed by atoms with E-state index in [2.05, 4.69) is 0 Å². The fraction of sp³-hybridized carbons (Fsp3) is 0.273. The number of carbonyl (C=O) groups excluding carboxylic acids is 2. The molecule has 0 saturated carbocycles. The van der Waals surface area contributed by atoms with E-state index < -0.39 is 17.7 Å². The molecule has 1 heterocycles. The van der Waals surface area contributed by atoms with Gasteiger partial charge in [-0.05, 0) is 37.1 Å². The minimum Gasteiger partial charge on any atom is -0.507 e. The predicted octanol–water partition coefficient (Wildman–Crippen LogP) is 4.49. The molecule has 1 saturated heterocycles. The van der Waals surface area contributed by atoms with Crippen molar-refractivity contribution in [1.82, 2.24) is 4.90 Å². The Bertz CT molecular complexity index is 967. The van der Waals surface area contributed by atoms with Gasteiger partial charge in [0.15, 0.2) is 0 Å². The molecule has 1 N–H and O–H groups in total. The maximum absolute atomic E-state index is 12.8. The summed E-state index contributed by atoms with van der Waals surface area (Å²) in [6, 6.07) is 11.7. The van der Waals surface area contributed by atoms with Crippen LogP contribution in [0.3, 0.4) is 0 Å². The predicted molar refractivity (Wildman–Crippen MR) is 108 cm³/mol. The minimum absolute atomic E-state index is 0.0772. The molecule has 1 unspecified atom stereocenters. The lowest BCUT2D eigenvalue weighted by Gasteiger charge is -2.25. The van der Waals surface area contributed by atoms with Crippen LogP contribution in [-0.4, -0.2) is 35.4 Å². The molecule has 0 spiro atoms. The zero-order valence-corrected chi connectivity index (χ0v) is 16.8. The SMILES string of the molecule is CCCN1C(=O)C(=O)/C(=C(\O)c2ccc(Cl)c(OC)c2)C1c1cccc(C)c1. The van der Waals surface area contributed by atoms with Gasteiger partial charge in [0.25, 0.3) is 11.7 Å². The van der Waals surface area contributed by atoms with Gasteiger partial charge in [-0.2, -0.15) is 0 Å². The number of methoxy groups -OCH3 is 1. The van der Waals surface area contributed by atoms with Gasteiger partial charge in [-0.25, -0.2) is 0 Å². The molecule has 1 aliphatic rings. The summed E-state index contributed by atoms with van der Waals surface area (Å²) in [6.07, 6.45) is 0.699. The van der Waals surface area contributed by atoms with Crippen molar-refractivity contribution in [2.24, 2.45) is 0 Å². The van der Waals surface area contributed by atoms with Crippen molar-refractivity contribution in [3.8, 4) is 5.75 Å². The first-order valence-electron chi connectivity index (χ1n) is 9.08. The molecule has 146 valence electrons. The molecule has 1 aliphatic heterocycles. The summed E-state index contributed by atoms with van der Waals surface area (Å²) in [5, 5.41) is 11.4. The largest absolute Gasteiger partial charge is 0.507 e. The number of rotatable bonds is 5. The molecular formula is C22H22ClNO4. The maximum atomic E-state index is 12.8. The number of ether oxygens (including phenoxy) is 1. The quantitative estimate of drug-likeness (QED) is 0.457. The van der Waals surface area contributed by atoms with Crippen molar-refractivity contribution in [3.05, 3.63) is 69.8 Å². The second-order valence-corrected chi connectivity index (χ2v) is 7.16. The number of benzene rings is 2. The number of carbonyl (C=O) groups is 2. The van der Waals surface area contributed by atoms with Crippen molar-refractivity contribution in [1.29, 1.82) is 0 Å². The van der Waals surface area contributed by atoms with Gasteiger partial charge in [-0.1, -0.05) is 48.4 Å². The highest BCUT2D eigenvalue weighted by molar-refractivity contribution is 6.46. The minimum atomic E-state index is -0.689. The van der Waals surface area contributed by atoms with Gasteiger partial charge >= 0.3 is 0 Å². The van der Waals surface area contributed by atoms with Crippen LogP contribution in [-0.2, 0) is 9.59 Å². The van der Waals surface area contributed by atoms with Gasteiger partial charge in [0.1, 0.15) is 11.5 Å². The number of halogens is 1. The Balaban J connectivity index is 2.21. The van der Waals surface area contributed by atoms with E-state index in [0.29, 0.717) is 29.3 Å². The van der Waals surface area contributed by atoms with Gasteiger partial charge in [-0.3, -0.25) is 9.59 Å². The molecule has 5 nitrogen and oxygen atoms in total. The highest BCUT2D eigenvalue weighted by Gasteiger charge is 2.45. The first-order valence-corrected chi connectivity index (χ1v) is 9.45. The molecule has 6 heteroatoms.